The van der Waals surface area contributed by atoms with Crippen molar-refractivity contribution >= 4 is 17.7 Å². The quantitative estimate of drug-likeness (QED) is 0.780. The van der Waals surface area contributed by atoms with E-state index in [4.69, 9.17) is 5.26 Å². The summed E-state index contributed by atoms with van der Waals surface area (Å²) in [5.74, 6) is 0.873. The molecule has 1 N–H and O–H groups in total. The van der Waals surface area contributed by atoms with E-state index in [0.29, 0.717) is 23.6 Å². The number of alkyl halides is 3. The molecule has 130 valence electrons. The first-order valence-electron chi connectivity index (χ1n) is 7.43. The minimum Gasteiger partial charge on any atom is -0.351 e. The standard InChI is InChI=1S/C18H15F3N2OS/c19-18(20,21)16-7-5-13(6-8-16)17(24)23-9-10-25-12-15-4-2-1-3-14(15)11-22/h1-8H,9-10,12H2,(H,23,24). The Bertz CT molecular complexity index is 767. The van der Waals surface area contributed by atoms with Crippen LogP contribution in [0.4, 0.5) is 13.2 Å². The van der Waals surface area contributed by atoms with Crippen LogP contribution in [0.1, 0.15) is 27.0 Å². The van der Waals surface area contributed by atoms with E-state index >= 15 is 0 Å². The normalized spacial score (nSPS) is 11.0. The maximum absolute atomic E-state index is 12.5. The van der Waals surface area contributed by atoms with Crippen molar-refractivity contribution in [3.8, 4) is 6.07 Å². The monoisotopic (exact) mass is 364 g/mol. The molecule has 0 aliphatic rings. The van der Waals surface area contributed by atoms with Crippen molar-refractivity contribution in [2.45, 2.75) is 11.9 Å². The fourth-order valence-electron chi connectivity index (χ4n) is 2.09. The van der Waals surface area contributed by atoms with E-state index in [1.54, 1.807) is 23.9 Å². The number of benzene rings is 2. The highest BCUT2D eigenvalue weighted by Crippen LogP contribution is 2.29. The molecule has 0 spiro atoms. The maximum Gasteiger partial charge on any atom is 0.416 e. The third-order valence-electron chi connectivity index (χ3n) is 3.40. The topological polar surface area (TPSA) is 52.9 Å². The van der Waals surface area contributed by atoms with Crippen LogP contribution in [0, 0.1) is 11.3 Å². The molecule has 0 heterocycles. The van der Waals surface area contributed by atoms with Crippen LogP contribution >= 0.6 is 11.8 Å². The summed E-state index contributed by atoms with van der Waals surface area (Å²) in [6.45, 7) is 0.388. The molecule has 25 heavy (non-hydrogen) atoms. The summed E-state index contributed by atoms with van der Waals surface area (Å²) in [6, 6.07) is 13.5. The number of carbonyl (C=O) groups excluding carboxylic acids is 1. The van der Waals surface area contributed by atoms with Gasteiger partial charge in [-0.2, -0.15) is 30.2 Å². The van der Waals surface area contributed by atoms with Gasteiger partial charge in [-0.1, -0.05) is 18.2 Å². The van der Waals surface area contributed by atoms with Gasteiger partial charge in [-0.25, -0.2) is 0 Å². The van der Waals surface area contributed by atoms with Crippen molar-refractivity contribution in [2.75, 3.05) is 12.3 Å². The summed E-state index contributed by atoms with van der Waals surface area (Å²) in [4.78, 5) is 11.9. The lowest BCUT2D eigenvalue weighted by atomic mass is 10.1. The number of nitrogens with one attached hydrogen (secondary N) is 1. The lowest BCUT2D eigenvalue weighted by Crippen LogP contribution is -2.25. The highest BCUT2D eigenvalue weighted by molar-refractivity contribution is 7.98. The van der Waals surface area contributed by atoms with Gasteiger partial charge in [-0.05, 0) is 35.9 Å². The molecule has 0 saturated heterocycles. The number of rotatable bonds is 6. The number of nitriles is 1. The minimum absolute atomic E-state index is 0.188. The van der Waals surface area contributed by atoms with Crippen LogP contribution in [-0.2, 0) is 11.9 Å². The number of thioether (sulfide) groups is 1. The van der Waals surface area contributed by atoms with Crippen molar-refractivity contribution in [2.24, 2.45) is 0 Å². The Balaban J connectivity index is 1.76. The molecule has 0 aliphatic carbocycles. The predicted octanol–water partition coefficient (Wildman–Crippen LogP) is 4.24. The van der Waals surface area contributed by atoms with Gasteiger partial charge in [0.1, 0.15) is 0 Å². The highest BCUT2D eigenvalue weighted by Gasteiger charge is 2.30. The first-order valence-corrected chi connectivity index (χ1v) is 8.58. The fourth-order valence-corrected chi connectivity index (χ4v) is 2.95. The van der Waals surface area contributed by atoms with Gasteiger partial charge in [0.25, 0.3) is 5.91 Å². The van der Waals surface area contributed by atoms with E-state index in [-0.39, 0.29) is 5.56 Å². The van der Waals surface area contributed by atoms with Crippen LogP contribution in [0.15, 0.2) is 48.5 Å². The predicted molar refractivity (Wildman–Crippen MR) is 91.1 cm³/mol. The van der Waals surface area contributed by atoms with Gasteiger partial charge in [0.15, 0.2) is 0 Å². The summed E-state index contributed by atoms with van der Waals surface area (Å²) < 4.78 is 37.4. The smallest absolute Gasteiger partial charge is 0.351 e. The van der Waals surface area contributed by atoms with Gasteiger partial charge in [-0.15, -0.1) is 0 Å². The first-order chi connectivity index (χ1) is 11.9. The highest BCUT2D eigenvalue weighted by atomic mass is 32.2. The van der Waals surface area contributed by atoms with Crippen LogP contribution < -0.4 is 5.32 Å². The molecule has 2 aromatic rings. The zero-order valence-corrected chi connectivity index (χ0v) is 14.0. The molecule has 0 radical (unpaired) electrons. The van der Waals surface area contributed by atoms with E-state index in [2.05, 4.69) is 11.4 Å². The van der Waals surface area contributed by atoms with Gasteiger partial charge in [0, 0.05) is 23.6 Å². The van der Waals surface area contributed by atoms with Gasteiger partial charge >= 0.3 is 6.18 Å². The zero-order valence-electron chi connectivity index (χ0n) is 13.1. The molecule has 1 amide bonds. The first kappa shape index (κ1) is 18.9. The molecule has 0 aliphatic heterocycles. The molecule has 0 atom stereocenters. The van der Waals surface area contributed by atoms with Crippen molar-refractivity contribution in [3.05, 3.63) is 70.8 Å². The minimum atomic E-state index is -4.41. The Hall–Kier alpha value is -2.46. The fraction of sp³-hybridized carbons (Fsp3) is 0.222. The second kappa shape index (κ2) is 8.58. The van der Waals surface area contributed by atoms with Gasteiger partial charge in [-0.3, -0.25) is 4.79 Å². The van der Waals surface area contributed by atoms with E-state index < -0.39 is 17.6 Å². The molecule has 0 unspecified atom stereocenters. The number of hydrogen-bond donors (Lipinski definition) is 1. The molecule has 7 heteroatoms. The largest absolute Gasteiger partial charge is 0.416 e. The van der Waals surface area contributed by atoms with E-state index in [1.807, 2.05) is 12.1 Å². The number of halogens is 3. The van der Waals surface area contributed by atoms with Gasteiger partial charge in [0.05, 0.1) is 17.2 Å². The van der Waals surface area contributed by atoms with Gasteiger partial charge in [0.2, 0.25) is 0 Å². The van der Waals surface area contributed by atoms with Crippen molar-refractivity contribution in [1.29, 1.82) is 5.26 Å². The van der Waals surface area contributed by atoms with Crippen molar-refractivity contribution in [3.63, 3.8) is 0 Å². The SMILES string of the molecule is N#Cc1ccccc1CSCCNC(=O)c1ccc(C(F)(F)F)cc1. The van der Waals surface area contributed by atoms with Crippen LogP contribution in [0.2, 0.25) is 0 Å². The summed E-state index contributed by atoms with van der Waals surface area (Å²) in [5, 5.41) is 11.7. The number of amides is 1. The Morgan fingerprint density at radius 2 is 1.80 bits per heavy atom. The number of nitrogens with zero attached hydrogens (tertiary/aromatic N) is 1. The van der Waals surface area contributed by atoms with Gasteiger partial charge < -0.3 is 5.32 Å². The van der Waals surface area contributed by atoms with E-state index in [9.17, 15) is 18.0 Å². The van der Waals surface area contributed by atoms with Crippen LogP contribution in [-0.4, -0.2) is 18.2 Å². The molecule has 0 bridgehead atoms. The lowest BCUT2D eigenvalue weighted by molar-refractivity contribution is -0.137. The molecular weight excluding hydrogens is 349 g/mol. The number of hydrogen-bond acceptors (Lipinski definition) is 3. The molecule has 2 aromatic carbocycles. The lowest BCUT2D eigenvalue weighted by Gasteiger charge is -2.08. The Morgan fingerprint density at radius 3 is 2.44 bits per heavy atom. The molecule has 2 rings (SSSR count). The molecule has 0 saturated carbocycles. The summed E-state index contributed by atoms with van der Waals surface area (Å²) >= 11 is 1.56. The van der Waals surface area contributed by atoms with Crippen LogP contribution in [0.3, 0.4) is 0 Å². The Kier molecular flexibility index (Phi) is 6.48. The maximum atomic E-state index is 12.5. The van der Waals surface area contributed by atoms with Crippen molar-refractivity contribution in [1.82, 2.24) is 5.32 Å². The third-order valence-corrected chi connectivity index (χ3v) is 4.41. The average Bonchev–Trinajstić information content (AvgIpc) is 2.61. The van der Waals surface area contributed by atoms with E-state index in [0.717, 1.165) is 29.8 Å². The average molecular weight is 364 g/mol. The Morgan fingerprint density at radius 1 is 1.12 bits per heavy atom. The molecule has 0 aromatic heterocycles. The second-order valence-corrected chi connectivity index (χ2v) is 6.26. The molecule has 0 fully saturated rings. The molecule has 3 nitrogen and oxygen atoms in total. The third kappa shape index (κ3) is 5.54. The Labute approximate surface area is 147 Å². The number of carbonyl (C=O) groups is 1. The second-order valence-electron chi connectivity index (χ2n) is 5.15. The summed E-state index contributed by atoms with van der Waals surface area (Å²) in [6.07, 6.45) is -4.41. The van der Waals surface area contributed by atoms with Crippen LogP contribution in [0.25, 0.3) is 0 Å². The summed E-state index contributed by atoms with van der Waals surface area (Å²) in [7, 11) is 0. The van der Waals surface area contributed by atoms with Crippen LogP contribution in [0.5, 0.6) is 0 Å². The van der Waals surface area contributed by atoms with E-state index in [1.165, 1.54) is 0 Å². The zero-order chi connectivity index (χ0) is 18.3. The van der Waals surface area contributed by atoms with Crippen molar-refractivity contribution < 1.29 is 18.0 Å². The molecular formula is C18H15F3N2OS. The summed E-state index contributed by atoms with van der Waals surface area (Å²) in [5.41, 5.74) is 0.969.